The molecule has 114 valence electrons. The largest absolute Gasteiger partial charge is 0.481 e. The number of hydrogen-bond donors (Lipinski definition) is 1. The van der Waals surface area contributed by atoms with Gasteiger partial charge in [0.1, 0.15) is 0 Å². The molecule has 1 N–H and O–H groups in total. The first kappa shape index (κ1) is 15.6. The molecule has 2 unspecified atom stereocenters. The Bertz CT molecular complexity index is 370. The van der Waals surface area contributed by atoms with E-state index >= 15 is 0 Å². The molecule has 0 spiro atoms. The van der Waals surface area contributed by atoms with Gasteiger partial charge >= 0.3 is 5.97 Å². The molecule has 0 aromatic rings. The molecule has 0 bridgehead atoms. The summed E-state index contributed by atoms with van der Waals surface area (Å²) < 4.78 is 5.63. The maximum Gasteiger partial charge on any atom is 0.311 e. The molecule has 2 aliphatic rings. The third kappa shape index (κ3) is 3.88. The van der Waals surface area contributed by atoms with Crippen LogP contribution in [0.15, 0.2) is 0 Å². The van der Waals surface area contributed by atoms with E-state index in [1.165, 1.54) is 6.42 Å². The van der Waals surface area contributed by atoms with Crippen LogP contribution in [-0.2, 0) is 14.3 Å². The minimum atomic E-state index is -0.809. The van der Waals surface area contributed by atoms with E-state index in [-0.39, 0.29) is 12.0 Å². The number of carboxylic acids is 1. The molecule has 0 saturated carbocycles. The van der Waals surface area contributed by atoms with Crippen LogP contribution in [0.4, 0.5) is 0 Å². The molecule has 2 heterocycles. The number of amides is 1. The highest BCUT2D eigenvalue weighted by molar-refractivity contribution is 7.99. The fraction of sp³-hybridized carbons (Fsp3) is 0.857. The second kappa shape index (κ2) is 6.80. The van der Waals surface area contributed by atoms with E-state index in [4.69, 9.17) is 9.84 Å². The van der Waals surface area contributed by atoms with Crippen molar-refractivity contribution in [3.8, 4) is 0 Å². The van der Waals surface area contributed by atoms with Crippen LogP contribution in [0.25, 0.3) is 0 Å². The highest BCUT2D eigenvalue weighted by Crippen LogP contribution is 2.30. The van der Waals surface area contributed by atoms with Gasteiger partial charge in [0.25, 0.3) is 0 Å². The van der Waals surface area contributed by atoms with Crippen LogP contribution in [0.2, 0.25) is 0 Å². The Morgan fingerprint density at radius 2 is 2.25 bits per heavy atom. The van der Waals surface area contributed by atoms with Gasteiger partial charge in [-0.05, 0) is 32.6 Å². The van der Waals surface area contributed by atoms with Gasteiger partial charge in [-0.2, -0.15) is 0 Å². The standard InChI is InChI=1S/C14H23NO4S/c1-14(13(17)18)5-6-15(10-14)12(16)9-20-8-11-4-2-3-7-19-11/h11H,2-10H2,1H3,(H,17,18). The summed E-state index contributed by atoms with van der Waals surface area (Å²) in [5.41, 5.74) is -0.771. The maximum atomic E-state index is 12.1. The minimum absolute atomic E-state index is 0.0517. The first-order chi connectivity index (χ1) is 9.51. The highest BCUT2D eigenvalue weighted by atomic mass is 32.2. The maximum absolute atomic E-state index is 12.1. The lowest BCUT2D eigenvalue weighted by atomic mass is 9.90. The molecule has 5 nitrogen and oxygen atoms in total. The molecule has 2 saturated heterocycles. The first-order valence-corrected chi connectivity index (χ1v) is 8.37. The van der Waals surface area contributed by atoms with E-state index < -0.39 is 11.4 Å². The van der Waals surface area contributed by atoms with Gasteiger partial charge in [-0.3, -0.25) is 9.59 Å². The fourth-order valence-electron chi connectivity index (χ4n) is 2.66. The van der Waals surface area contributed by atoms with E-state index in [0.717, 1.165) is 25.2 Å². The number of hydrogen-bond acceptors (Lipinski definition) is 4. The van der Waals surface area contributed by atoms with Gasteiger partial charge in [-0.1, -0.05) is 0 Å². The van der Waals surface area contributed by atoms with E-state index in [0.29, 0.717) is 25.3 Å². The molecule has 2 rings (SSSR count). The van der Waals surface area contributed by atoms with Crippen molar-refractivity contribution in [1.29, 1.82) is 0 Å². The number of likely N-dealkylation sites (tertiary alicyclic amines) is 1. The van der Waals surface area contributed by atoms with Gasteiger partial charge in [0.05, 0.1) is 17.3 Å². The summed E-state index contributed by atoms with van der Waals surface area (Å²) in [7, 11) is 0. The van der Waals surface area contributed by atoms with Gasteiger partial charge in [0.15, 0.2) is 0 Å². The summed E-state index contributed by atoms with van der Waals surface area (Å²) in [5, 5.41) is 9.16. The van der Waals surface area contributed by atoms with Crippen LogP contribution in [0.3, 0.4) is 0 Å². The monoisotopic (exact) mass is 301 g/mol. The van der Waals surface area contributed by atoms with Crippen LogP contribution in [0, 0.1) is 5.41 Å². The van der Waals surface area contributed by atoms with Crippen LogP contribution in [0.1, 0.15) is 32.6 Å². The van der Waals surface area contributed by atoms with Crippen LogP contribution in [-0.4, -0.2) is 59.2 Å². The molecule has 0 aromatic heterocycles. The summed E-state index contributed by atoms with van der Waals surface area (Å²) in [6.45, 7) is 3.44. The normalized spacial score (nSPS) is 30.4. The van der Waals surface area contributed by atoms with Gasteiger partial charge in [0.2, 0.25) is 5.91 Å². The molecular weight excluding hydrogens is 278 g/mol. The summed E-state index contributed by atoms with van der Waals surface area (Å²) in [6, 6.07) is 0. The fourth-order valence-corrected chi connectivity index (χ4v) is 3.66. The van der Waals surface area contributed by atoms with Gasteiger partial charge in [0, 0.05) is 25.4 Å². The quantitative estimate of drug-likeness (QED) is 0.835. The Morgan fingerprint density at radius 1 is 1.45 bits per heavy atom. The summed E-state index contributed by atoms with van der Waals surface area (Å²) in [4.78, 5) is 24.9. The number of ether oxygens (including phenoxy) is 1. The number of rotatable bonds is 5. The summed E-state index contributed by atoms with van der Waals surface area (Å²) in [5.74, 6) is 0.526. The zero-order valence-electron chi connectivity index (χ0n) is 12.0. The Labute approximate surface area is 124 Å². The number of thioether (sulfide) groups is 1. The first-order valence-electron chi connectivity index (χ1n) is 7.22. The molecule has 0 aliphatic carbocycles. The number of carbonyl (C=O) groups excluding carboxylic acids is 1. The molecule has 1 amide bonds. The van der Waals surface area contributed by atoms with Crippen molar-refractivity contribution in [1.82, 2.24) is 4.90 Å². The van der Waals surface area contributed by atoms with E-state index in [1.54, 1.807) is 23.6 Å². The average Bonchev–Trinajstić information content (AvgIpc) is 2.84. The van der Waals surface area contributed by atoms with E-state index in [1.807, 2.05) is 0 Å². The van der Waals surface area contributed by atoms with Crippen molar-refractivity contribution >= 4 is 23.6 Å². The zero-order chi connectivity index (χ0) is 14.6. The topological polar surface area (TPSA) is 66.8 Å². The van der Waals surface area contributed by atoms with Crippen LogP contribution in [0.5, 0.6) is 0 Å². The molecule has 6 heteroatoms. The van der Waals surface area contributed by atoms with Crippen molar-refractivity contribution in [2.75, 3.05) is 31.2 Å². The van der Waals surface area contributed by atoms with Crippen molar-refractivity contribution in [2.45, 2.75) is 38.7 Å². The van der Waals surface area contributed by atoms with Crippen molar-refractivity contribution < 1.29 is 19.4 Å². The van der Waals surface area contributed by atoms with Crippen LogP contribution < -0.4 is 0 Å². The predicted molar refractivity (Wildman–Crippen MR) is 77.9 cm³/mol. The molecule has 2 fully saturated rings. The summed E-state index contributed by atoms with van der Waals surface area (Å²) in [6.07, 6.45) is 4.26. The molecular formula is C14H23NO4S. The number of nitrogens with zero attached hydrogens (tertiary/aromatic N) is 1. The van der Waals surface area contributed by atoms with Crippen molar-refractivity contribution in [3.05, 3.63) is 0 Å². The third-order valence-electron chi connectivity index (χ3n) is 4.15. The lowest BCUT2D eigenvalue weighted by Crippen LogP contribution is -2.36. The Balaban J connectivity index is 1.69. The van der Waals surface area contributed by atoms with Gasteiger partial charge in [-0.25, -0.2) is 0 Å². The number of aliphatic carboxylic acids is 1. The molecule has 0 radical (unpaired) electrons. The second-order valence-electron chi connectivity index (χ2n) is 5.93. The lowest BCUT2D eigenvalue weighted by molar-refractivity contribution is -0.147. The van der Waals surface area contributed by atoms with Gasteiger partial charge in [-0.15, -0.1) is 11.8 Å². The van der Waals surface area contributed by atoms with E-state index in [2.05, 4.69) is 0 Å². The van der Waals surface area contributed by atoms with E-state index in [9.17, 15) is 9.59 Å². The number of carbonyl (C=O) groups is 2. The molecule has 20 heavy (non-hydrogen) atoms. The molecule has 0 aromatic carbocycles. The molecule has 2 aliphatic heterocycles. The van der Waals surface area contributed by atoms with Gasteiger partial charge < -0.3 is 14.7 Å². The Hall–Kier alpha value is -0.750. The SMILES string of the molecule is CC1(C(=O)O)CCN(C(=O)CSCC2CCCCO2)C1. The molecule has 2 atom stereocenters. The zero-order valence-corrected chi connectivity index (χ0v) is 12.8. The Morgan fingerprint density at radius 3 is 2.85 bits per heavy atom. The van der Waals surface area contributed by atoms with Crippen molar-refractivity contribution in [2.24, 2.45) is 5.41 Å². The second-order valence-corrected chi connectivity index (χ2v) is 6.97. The third-order valence-corrected chi connectivity index (χ3v) is 5.20. The minimum Gasteiger partial charge on any atom is -0.481 e. The average molecular weight is 301 g/mol. The van der Waals surface area contributed by atoms with Crippen LogP contribution >= 0.6 is 11.8 Å². The highest BCUT2D eigenvalue weighted by Gasteiger charge is 2.41. The Kier molecular flexibility index (Phi) is 5.32. The summed E-state index contributed by atoms with van der Waals surface area (Å²) >= 11 is 1.60. The lowest BCUT2D eigenvalue weighted by Gasteiger charge is -2.23. The predicted octanol–water partition coefficient (Wildman–Crippen LogP) is 1.61. The van der Waals surface area contributed by atoms with Crippen molar-refractivity contribution in [3.63, 3.8) is 0 Å². The number of carboxylic acid groups (broad SMARTS) is 1. The smallest absolute Gasteiger partial charge is 0.311 e.